The molecule has 0 amide bonds. The lowest BCUT2D eigenvalue weighted by Gasteiger charge is -2.19. The van der Waals surface area contributed by atoms with Crippen LogP contribution in [0.4, 0.5) is 0 Å². The minimum absolute atomic E-state index is 0.0949. The van der Waals surface area contributed by atoms with Crippen molar-refractivity contribution in [1.29, 1.82) is 0 Å². The van der Waals surface area contributed by atoms with E-state index in [-0.39, 0.29) is 17.5 Å². The standard InChI is InChI=1S/C14H20ClNO2/c1-6-9(2)18-13(17)10-7-11(14(3,4)5)16-12(15)8-10/h7-9H,6H2,1-5H3. The van der Waals surface area contributed by atoms with Crippen LogP contribution < -0.4 is 0 Å². The fraction of sp³-hybridized carbons (Fsp3) is 0.571. The van der Waals surface area contributed by atoms with Crippen LogP contribution in [0, 0.1) is 0 Å². The maximum atomic E-state index is 11.9. The summed E-state index contributed by atoms with van der Waals surface area (Å²) in [6.45, 7) is 9.91. The minimum atomic E-state index is -0.348. The number of nitrogens with zero attached hydrogens (tertiary/aromatic N) is 1. The van der Waals surface area contributed by atoms with Crippen LogP contribution in [0.2, 0.25) is 5.15 Å². The molecular formula is C14H20ClNO2. The van der Waals surface area contributed by atoms with E-state index in [1.807, 2.05) is 34.6 Å². The number of halogens is 1. The number of carbonyl (C=O) groups excluding carboxylic acids is 1. The highest BCUT2D eigenvalue weighted by molar-refractivity contribution is 6.29. The van der Waals surface area contributed by atoms with Crippen molar-refractivity contribution in [2.24, 2.45) is 0 Å². The predicted molar refractivity (Wildman–Crippen MR) is 73.1 cm³/mol. The largest absolute Gasteiger partial charge is 0.459 e. The second-order valence-corrected chi connectivity index (χ2v) is 5.83. The van der Waals surface area contributed by atoms with Gasteiger partial charge in [0.05, 0.1) is 11.7 Å². The molecule has 1 unspecified atom stereocenters. The number of esters is 1. The molecule has 0 spiro atoms. The maximum absolute atomic E-state index is 11.9. The molecule has 4 heteroatoms. The van der Waals surface area contributed by atoms with Gasteiger partial charge in [-0.15, -0.1) is 0 Å². The Morgan fingerprint density at radius 1 is 1.44 bits per heavy atom. The third-order valence-electron chi connectivity index (χ3n) is 2.68. The molecule has 1 aromatic heterocycles. The molecular weight excluding hydrogens is 250 g/mol. The zero-order valence-corrected chi connectivity index (χ0v) is 12.3. The summed E-state index contributed by atoms with van der Waals surface area (Å²) in [6, 6.07) is 3.29. The first-order valence-corrected chi connectivity index (χ1v) is 6.51. The summed E-state index contributed by atoms with van der Waals surface area (Å²) in [6.07, 6.45) is 0.693. The van der Waals surface area contributed by atoms with E-state index in [4.69, 9.17) is 16.3 Å². The van der Waals surface area contributed by atoms with Gasteiger partial charge in [-0.25, -0.2) is 9.78 Å². The Labute approximate surface area is 114 Å². The van der Waals surface area contributed by atoms with Gasteiger partial charge in [-0.2, -0.15) is 0 Å². The molecule has 1 atom stereocenters. The van der Waals surface area contributed by atoms with E-state index < -0.39 is 0 Å². The second kappa shape index (κ2) is 5.70. The molecule has 3 nitrogen and oxygen atoms in total. The zero-order chi connectivity index (χ0) is 13.9. The molecule has 0 aliphatic carbocycles. The van der Waals surface area contributed by atoms with E-state index in [0.29, 0.717) is 10.7 Å². The smallest absolute Gasteiger partial charge is 0.338 e. The first kappa shape index (κ1) is 15.0. The van der Waals surface area contributed by atoms with Gasteiger partial charge in [0.25, 0.3) is 0 Å². The quantitative estimate of drug-likeness (QED) is 0.615. The highest BCUT2D eigenvalue weighted by atomic mass is 35.5. The molecule has 100 valence electrons. The van der Waals surface area contributed by atoms with Crippen molar-refractivity contribution in [1.82, 2.24) is 4.98 Å². The van der Waals surface area contributed by atoms with Crippen LogP contribution in [-0.4, -0.2) is 17.1 Å². The fourth-order valence-electron chi connectivity index (χ4n) is 1.33. The second-order valence-electron chi connectivity index (χ2n) is 5.44. The number of aromatic nitrogens is 1. The number of rotatable bonds is 3. The zero-order valence-electron chi connectivity index (χ0n) is 11.6. The third-order valence-corrected chi connectivity index (χ3v) is 2.87. The van der Waals surface area contributed by atoms with Gasteiger partial charge in [-0.1, -0.05) is 39.3 Å². The summed E-state index contributed by atoms with van der Waals surface area (Å²) in [5, 5.41) is 0.318. The van der Waals surface area contributed by atoms with Crippen molar-refractivity contribution in [3.8, 4) is 0 Å². The number of hydrogen-bond acceptors (Lipinski definition) is 3. The van der Waals surface area contributed by atoms with Crippen LogP contribution in [-0.2, 0) is 10.2 Å². The molecule has 0 radical (unpaired) electrons. The van der Waals surface area contributed by atoms with E-state index in [2.05, 4.69) is 4.98 Å². The molecule has 0 saturated carbocycles. The van der Waals surface area contributed by atoms with Crippen molar-refractivity contribution in [2.75, 3.05) is 0 Å². The third kappa shape index (κ3) is 3.98. The average Bonchev–Trinajstić information content (AvgIpc) is 2.26. The molecule has 0 aliphatic rings. The van der Waals surface area contributed by atoms with E-state index in [9.17, 15) is 4.79 Å². The first-order valence-electron chi connectivity index (χ1n) is 6.13. The number of carbonyl (C=O) groups is 1. The normalized spacial score (nSPS) is 13.2. The number of hydrogen-bond donors (Lipinski definition) is 0. The van der Waals surface area contributed by atoms with Gasteiger partial charge >= 0.3 is 5.97 Å². The molecule has 0 fully saturated rings. The predicted octanol–water partition coefficient (Wildman–Crippen LogP) is 3.99. The van der Waals surface area contributed by atoms with Gasteiger partial charge in [-0.05, 0) is 25.5 Å². The summed E-state index contributed by atoms with van der Waals surface area (Å²) in [5.41, 5.74) is 1.09. The molecule has 0 saturated heterocycles. The van der Waals surface area contributed by atoms with Crippen LogP contribution in [0.3, 0.4) is 0 Å². The van der Waals surface area contributed by atoms with Gasteiger partial charge in [-0.3, -0.25) is 0 Å². The Morgan fingerprint density at radius 2 is 2.06 bits per heavy atom. The van der Waals surface area contributed by atoms with Crippen molar-refractivity contribution < 1.29 is 9.53 Å². The summed E-state index contributed by atoms with van der Waals surface area (Å²) in [4.78, 5) is 16.2. The molecule has 18 heavy (non-hydrogen) atoms. The average molecular weight is 270 g/mol. The molecule has 1 rings (SSSR count). The lowest BCUT2D eigenvalue weighted by atomic mass is 9.91. The van der Waals surface area contributed by atoms with Crippen LogP contribution in [0.5, 0.6) is 0 Å². The highest BCUT2D eigenvalue weighted by Crippen LogP contribution is 2.23. The molecule has 1 heterocycles. The van der Waals surface area contributed by atoms with Crippen LogP contribution in [0.15, 0.2) is 12.1 Å². The van der Waals surface area contributed by atoms with E-state index in [0.717, 1.165) is 12.1 Å². The van der Waals surface area contributed by atoms with Crippen LogP contribution in [0.25, 0.3) is 0 Å². The Kier molecular flexibility index (Phi) is 4.74. The summed E-state index contributed by atoms with van der Waals surface area (Å²) in [5.74, 6) is -0.348. The molecule has 0 aromatic carbocycles. The Balaban J connectivity index is 3.03. The van der Waals surface area contributed by atoms with Crippen molar-refractivity contribution in [3.05, 3.63) is 28.5 Å². The van der Waals surface area contributed by atoms with Gasteiger partial charge in [0.15, 0.2) is 0 Å². The SMILES string of the molecule is CCC(C)OC(=O)c1cc(Cl)nc(C(C)(C)C)c1. The molecule has 1 aromatic rings. The number of ether oxygens (including phenoxy) is 1. The van der Waals surface area contributed by atoms with Crippen molar-refractivity contribution in [3.63, 3.8) is 0 Å². The van der Waals surface area contributed by atoms with Crippen molar-refractivity contribution >= 4 is 17.6 Å². The van der Waals surface area contributed by atoms with E-state index >= 15 is 0 Å². The topological polar surface area (TPSA) is 39.2 Å². The van der Waals surface area contributed by atoms with Crippen molar-refractivity contribution in [2.45, 2.75) is 52.6 Å². The monoisotopic (exact) mass is 269 g/mol. The molecule has 0 bridgehead atoms. The lowest BCUT2D eigenvalue weighted by molar-refractivity contribution is 0.0334. The Bertz CT molecular complexity index is 438. The van der Waals surface area contributed by atoms with Crippen LogP contribution in [0.1, 0.15) is 57.1 Å². The molecule has 0 aliphatic heterocycles. The lowest BCUT2D eigenvalue weighted by Crippen LogP contribution is -2.18. The highest BCUT2D eigenvalue weighted by Gasteiger charge is 2.20. The minimum Gasteiger partial charge on any atom is -0.459 e. The molecule has 0 N–H and O–H groups in total. The Hall–Kier alpha value is -1.09. The fourth-order valence-corrected chi connectivity index (χ4v) is 1.54. The van der Waals surface area contributed by atoms with Gasteiger partial charge in [0.1, 0.15) is 5.15 Å². The van der Waals surface area contributed by atoms with Crippen LogP contribution >= 0.6 is 11.6 Å². The van der Waals surface area contributed by atoms with E-state index in [1.165, 1.54) is 0 Å². The van der Waals surface area contributed by atoms with Gasteiger partial charge < -0.3 is 4.74 Å². The number of pyridine rings is 1. The Morgan fingerprint density at radius 3 is 2.56 bits per heavy atom. The van der Waals surface area contributed by atoms with Gasteiger partial charge in [0.2, 0.25) is 0 Å². The maximum Gasteiger partial charge on any atom is 0.338 e. The van der Waals surface area contributed by atoms with E-state index in [1.54, 1.807) is 12.1 Å². The summed E-state index contributed by atoms with van der Waals surface area (Å²) < 4.78 is 5.28. The van der Waals surface area contributed by atoms with Gasteiger partial charge in [0, 0.05) is 11.1 Å². The summed E-state index contributed by atoms with van der Waals surface area (Å²) >= 11 is 5.95. The summed E-state index contributed by atoms with van der Waals surface area (Å²) in [7, 11) is 0. The first-order chi connectivity index (χ1) is 8.24.